The molecule has 0 spiro atoms. The molecule has 24 heavy (non-hydrogen) atoms. The van der Waals surface area contributed by atoms with Crippen molar-refractivity contribution < 1.29 is 9.32 Å². The molecule has 0 fully saturated rings. The molecule has 0 saturated carbocycles. The molecule has 124 valence electrons. The minimum absolute atomic E-state index is 0.0130. The molecule has 0 saturated heterocycles. The van der Waals surface area contributed by atoms with Gasteiger partial charge < -0.3 is 9.84 Å². The van der Waals surface area contributed by atoms with E-state index in [9.17, 15) is 4.79 Å². The summed E-state index contributed by atoms with van der Waals surface area (Å²) in [7, 11) is 0. The van der Waals surface area contributed by atoms with Crippen molar-refractivity contribution in [1.29, 1.82) is 0 Å². The van der Waals surface area contributed by atoms with E-state index in [1.54, 1.807) is 11.3 Å². The van der Waals surface area contributed by atoms with Crippen LogP contribution in [0.2, 0.25) is 0 Å². The van der Waals surface area contributed by atoms with E-state index < -0.39 is 0 Å². The van der Waals surface area contributed by atoms with Gasteiger partial charge in [-0.05, 0) is 18.6 Å². The van der Waals surface area contributed by atoms with Gasteiger partial charge in [-0.2, -0.15) is 4.98 Å². The lowest BCUT2D eigenvalue weighted by molar-refractivity contribution is -0.121. The molecule has 2 heterocycles. The number of carbonyl (C=O) groups excluding carboxylic acids is 1. The second kappa shape index (κ2) is 7.88. The van der Waals surface area contributed by atoms with E-state index in [1.807, 2.05) is 30.3 Å². The van der Waals surface area contributed by atoms with Gasteiger partial charge in [-0.1, -0.05) is 42.4 Å². The van der Waals surface area contributed by atoms with Crippen LogP contribution in [-0.2, 0) is 24.2 Å². The van der Waals surface area contributed by atoms with Gasteiger partial charge >= 0.3 is 0 Å². The fourth-order valence-corrected chi connectivity index (χ4v) is 3.16. The number of benzene rings is 1. The number of carbonyl (C=O) groups is 1. The molecular weight excluding hydrogens is 322 g/mol. The molecule has 0 aliphatic rings. The highest BCUT2D eigenvalue weighted by Gasteiger charge is 2.10. The lowest BCUT2D eigenvalue weighted by Crippen LogP contribution is -2.22. The van der Waals surface area contributed by atoms with E-state index in [4.69, 9.17) is 4.52 Å². The molecule has 3 rings (SSSR count). The monoisotopic (exact) mass is 341 g/mol. The Kier molecular flexibility index (Phi) is 5.38. The zero-order chi connectivity index (χ0) is 16.8. The second-order valence-corrected chi connectivity index (χ2v) is 6.63. The molecule has 6 heteroatoms. The van der Waals surface area contributed by atoms with Crippen LogP contribution in [0.15, 0.2) is 47.0 Å². The number of nitrogens with one attached hydrogen (secondary N) is 1. The Bertz CT molecular complexity index is 795. The lowest BCUT2D eigenvalue weighted by Gasteiger charge is -2.01. The van der Waals surface area contributed by atoms with Crippen molar-refractivity contribution in [1.82, 2.24) is 15.5 Å². The highest BCUT2D eigenvalue weighted by Crippen LogP contribution is 2.17. The van der Waals surface area contributed by atoms with Gasteiger partial charge in [-0.3, -0.25) is 4.79 Å². The van der Waals surface area contributed by atoms with Crippen molar-refractivity contribution in [3.05, 3.63) is 58.1 Å². The van der Waals surface area contributed by atoms with Gasteiger partial charge in [0.2, 0.25) is 17.6 Å². The molecule has 0 atom stereocenters. The predicted octanol–water partition coefficient (Wildman–Crippen LogP) is 3.61. The predicted molar refractivity (Wildman–Crippen MR) is 93.6 cm³/mol. The Morgan fingerprint density at radius 2 is 1.96 bits per heavy atom. The molecule has 0 unspecified atom stereocenters. The highest BCUT2D eigenvalue weighted by atomic mass is 32.1. The van der Waals surface area contributed by atoms with E-state index in [-0.39, 0.29) is 5.91 Å². The van der Waals surface area contributed by atoms with Gasteiger partial charge in [0.15, 0.2) is 0 Å². The third kappa shape index (κ3) is 4.29. The average Bonchev–Trinajstić information content (AvgIpc) is 3.28. The molecule has 1 N–H and O–H groups in total. The maximum atomic E-state index is 11.9. The van der Waals surface area contributed by atoms with E-state index in [0.717, 1.165) is 12.0 Å². The SMILES string of the molecule is CCc1ccc(CNC(=O)CCc2nc(-c3ccccc3)no2)s1. The molecular formula is C18H19N3O2S. The van der Waals surface area contributed by atoms with E-state index >= 15 is 0 Å². The van der Waals surface area contributed by atoms with Crippen molar-refractivity contribution in [2.24, 2.45) is 0 Å². The van der Waals surface area contributed by atoms with Crippen molar-refractivity contribution >= 4 is 17.2 Å². The summed E-state index contributed by atoms with van der Waals surface area (Å²) in [4.78, 5) is 18.8. The maximum absolute atomic E-state index is 11.9. The van der Waals surface area contributed by atoms with Gasteiger partial charge in [0.05, 0.1) is 6.54 Å². The summed E-state index contributed by atoms with van der Waals surface area (Å²) in [5.74, 6) is 1.02. The summed E-state index contributed by atoms with van der Waals surface area (Å²) in [6.45, 7) is 2.70. The molecule has 1 aromatic carbocycles. The molecule has 0 radical (unpaired) electrons. The Morgan fingerprint density at radius 1 is 1.17 bits per heavy atom. The van der Waals surface area contributed by atoms with Crippen molar-refractivity contribution in [3.63, 3.8) is 0 Å². The fraction of sp³-hybridized carbons (Fsp3) is 0.278. The number of aryl methyl sites for hydroxylation is 2. The van der Waals surface area contributed by atoms with Gasteiger partial charge in [-0.15, -0.1) is 11.3 Å². The van der Waals surface area contributed by atoms with Gasteiger partial charge in [-0.25, -0.2) is 0 Å². The number of rotatable bonds is 7. The Balaban J connectivity index is 1.47. The molecule has 0 bridgehead atoms. The summed E-state index contributed by atoms with van der Waals surface area (Å²) in [5, 5.41) is 6.88. The van der Waals surface area contributed by atoms with Crippen LogP contribution in [0.5, 0.6) is 0 Å². The number of amides is 1. The van der Waals surface area contributed by atoms with Gasteiger partial charge in [0, 0.05) is 28.2 Å². The van der Waals surface area contributed by atoms with Crippen LogP contribution in [-0.4, -0.2) is 16.0 Å². The first-order valence-corrected chi connectivity index (χ1v) is 8.78. The summed E-state index contributed by atoms with van der Waals surface area (Å²) in [6.07, 6.45) is 1.80. The highest BCUT2D eigenvalue weighted by molar-refractivity contribution is 7.11. The van der Waals surface area contributed by atoms with E-state index in [0.29, 0.717) is 31.1 Å². The van der Waals surface area contributed by atoms with Crippen LogP contribution < -0.4 is 5.32 Å². The molecule has 3 aromatic rings. The number of thiophene rings is 1. The standard InChI is InChI=1S/C18H19N3O2S/c1-2-14-8-9-15(24-14)12-19-16(22)10-11-17-20-18(21-23-17)13-6-4-3-5-7-13/h3-9H,2,10-12H2,1H3,(H,19,22). The maximum Gasteiger partial charge on any atom is 0.227 e. The molecule has 2 aromatic heterocycles. The van der Waals surface area contributed by atoms with Gasteiger partial charge in [0.1, 0.15) is 0 Å². The average molecular weight is 341 g/mol. The Labute approximate surface area is 144 Å². The van der Waals surface area contributed by atoms with Crippen LogP contribution in [0.4, 0.5) is 0 Å². The first kappa shape index (κ1) is 16.4. The third-order valence-corrected chi connectivity index (χ3v) is 4.82. The number of hydrogen-bond acceptors (Lipinski definition) is 5. The van der Waals surface area contributed by atoms with Crippen LogP contribution >= 0.6 is 11.3 Å². The minimum Gasteiger partial charge on any atom is -0.351 e. The lowest BCUT2D eigenvalue weighted by atomic mass is 10.2. The normalized spacial score (nSPS) is 10.7. The first-order chi connectivity index (χ1) is 11.7. The number of nitrogens with zero attached hydrogens (tertiary/aromatic N) is 2. The summed E-state index contributed by atoms with van der Waals surface area (Å²) >= 11 is 1.73. The van der Waals surface area contributed by atoms with E-state index in [2.05, 4.69) is 34.5 Å². The topological polar surface area (TPSA) is 68.0 Å². The summed E-state index contributed by atoms with van der Waals surface area (Å²) in [6, 6.07) is 13.8. The fourth-order valence-electron chi connectivity index (χ4n) is 2.26. The Morgan fingerprint density at radius 3 is 2.71 bits per heavy atom. The Hall–Kier alpha value is -2.47. The van der Waals surface area contributed by atoms with E-state index in [1.165, 1.54) is 9.75 Å². The van der Waals surface area contributed by atoms with Crippen molar-refractivity contribution in [2.75, 3.05) is 0 Å². The molecule has 0 aliphatic carbocycles. The second-order valence-electron chi connectivity index (χ2n) is 5.38. The molecule has 5 nitrogen and oxygen atoms in total. The zero-order valence-electron chi connectivity index (χ0n) is 13.5. The van der Waals surface area contributed by atoms with Crippen LogP contribution in [0.25, 0.3) is 11.4 Å². The smallest absolute Gasteiger partial charge is 0.227 e. The van der Waals surface area contributed by atoms with Gasteiger partial charge in [0.25, 0.3) is 0 Å². The molecule has 1 amide bonds. The van der Waals surface area contributed by atoms with Crippen LogP contribution in [0.3, 0.4) is 0 Å². The third-order valence-electron chi connectivity index (χ3n) is 3.59. The largest absolute Gasteiger partial charge is 0.351 e. The summed E-state index contributed by atoms with van der Waals surface area (Å²) < 4.78 is 5.21. The summed E-state index contributed by atoms with van der Waals surface area (Å²) in [5.41, 5.74) is 0.904. The quantitative estimate of drug-likeness (QED) is 0.713. The zero-order valence-corrected chi connectivity index (χ0v) is 14.3. The first-order valence-electron chi connectivity index (χ1n) is 7.97. The van der Waals surface area contributed by atoms with Crippen molar-refractivity contribution in [2.45, 2.75) is 32.7 Å². The minimum atomic E-state index is -0.0130. The van der Waals surface area contributed by atoms with Crippen LogP contribution in [0.1, 0.15) is 29.0 Å². The number of hydrogen-bond donors (Lipinski definition) is 1. The molecule has 0 aliphatic heterocycles. The number of aromatic nitrogens is 2. The van der Waals surface area contributed by atoms with Crippen molar-refractivity contribution in [3.8, 4) is 11.4 Å². The van der Waals surface area contributed by atoms with Crippen LogP contribution in [0, 0.1) is 0 Å².